The molecule has 0 aliphatic heterocycles. The van der Waals surface area contributed by atoms with Crippen molar-refractivity contribution in [1.29, 1.82) is 0 Å². The monoisotopic (exact) mass is 225 g/mol. The predicted molar refractivity (Wildman–Crippen MR) is 63.9 cm³/mol. The van der Waals surface area contributed by atoms with Gasteiger partial charge in [-0.05, 0) is 32.7 Å². The minimum absolute atomic E-state index is 0.437. The van der Waals surface area contributed by atoms with E-state index in [4.69, 9.17) is 5.73 Å². The van der Waals surface area contributed by atoms with Crippen LogP contribution in [-0.4, -0.2) is 29.5 Å². The molecule has 1 aliphatic rings. The molecule has 1 heterocycles. The van der Waals surface area contributed by atoms with Crippen LogP contribution in [0.1, 0.15) is 30.7 Å². The summed E-state index contributed by atoms with van der Waals surface area (Å²) in [7, 11) is 2.18. The lowest BCUT2D eigenvalue weighted by Crippen LogP contribution is -2.40. The van der Waals surface area contributed by atoms with Gasteiger partial charge in [-0.25, -0.2) is 0 Å². The second-order valence-corrected chi connectivity index (χ2v) is 5.30. The van der Waals surface area contributed by atoms with E-state index in [1.54, 1.807) is 11.3 Å². The number of thiazole rings is 1. The molecule has 1 aromatic rings. The van der Waals surface area contributed by atoms with Crippen molar-refractivity contribution in [1.82, 2.24) is 9.88 Å². The first kappa shape index (κ1) is 11.0. The lowest BCUT2D eigenvalue weighted by atomic mass is 10.1. The van der Waals surface area contributed by atoms with Gasteiger partial charge >= 0.3 is 0 Å². The Bertz CT molecular complexity index is 295. The molecule has 2 atom stereocenters. The molecule has 1 fully saturated rings. The van der Waals surface area contributed by atoms with Crippen molar-refractivity contribution in [2.75, 3.05) is 13.6 Å². The molecular formula is C11H19N3S. The van der Waals surface area contributed by atoms with Gasteiger partial charge in [0.05, 0.1) is 5.51 Å². The summed E-state index contributed by atoms with van der Waals surface area (Å²) in [5.41, 5.74) is 7.75. The van der Waals surface area contributed by atoms with Gasteiger partial charge in [-0.15, -0.1) is 11.3 Å². The highest BCUT2D eigenvalue weighted by molar-refractivity contribution is 7.09. The maximum absolute atomic E-state index is 5.85. The Balaban J connectivity index is 2.02. The van der Waals surface area contributed by atoms with Crippen LogP contribution in [0.3, 0.4) is 0 Å². The fourth-order valence-electron chi connectivity index (χ4n) is 2.09. The fourth-order valence-corrected chi connectivity index (χ4v) is 2.82. The minimum Gasteiger partial charge on any atom is -0.329 e. The third kappa shape index (κ3) is 2.38. The lowest BCUT2D eigenvalue weighted by Gasteiger charge is -2.31. The molecule has 3 nitrogen and oxygen atoms in total. The fraction of sp³-hybridized carbons (Fsp3) is 0.727. The number of hydrogen-bond donors (Lipinski definition) is 1. The highest BCUT2D eigenvalue weighted by atomic mass is 32.1. The van der Waals surface area contributed by atoms with Gasteiger partial charge in [0.25, 0.3) is 0 Å². The number of likely N-dealkylation sites (N-methyl/N-ethyl adjacent to an activating group) is 1. The van der Waals surface area contributed by atoms with Crippen molar-refractivity contribution in [3.8, 4) is 0 Å². The van der Waals surface area contributed by atoms with Crippen molar-refractivity contribution in [2.24, 2.45) is 11.7 Å². The number of rotatable bonds is 5. The molecule has 1 aromatic heterocycles. The number of nitrogens with zero attached hydrogens (tertiary/aromatic N) is 2. The summed E-state index contributed by atoms with van der Waals surface area (Å²) in [6.07, 6.45) is 4.66. The van der Waals surface area contributed by atoms with E-state index in [-0.39, 0.29) is 0 Å². The average Bonchev–Trinajstić information content (AvgIpc) is 2.93. The first-order chi connectivity index (χ1) is 7.24. The summed E-state index contributed by atoms with van der Waals surface area (Å²) < 4.78 is 0. The van der Waals surface area contributed by atoms with E-state index in [1.165, 1.54) is 17.7 Å². The van der Waals surface area contributed by atoms with E-state index >= 15 is 0 Å². The van der Waals surface area contributed by atoms with Crippen LogP contribution in [0, 0.1) is 5.92 Å². The Morgan fingerprint density at radius 1 is 1.67 bits per heavy atom. The normalized spacial score (nSPS) is 20.5. The van der Waals surface area contributed by atoms with Crippen LogP contribution in [-0.2, 0) is 0 Å². The number of hydrogen-bond acceptors (Lipinski definition) is 4. The maximum atomic E-state index is 5.85. The molecule has 2 unspecified atom stereocenters. The Morgan fingerprint density at radius 2 is 2.40 bits per heavy atom. The molecule has 15 heavy (non-hydrogen) atoms. The van der Waals surface area contributed by atoms with Crippen LogP contribution in [0.15, 0.2) is 11.7 Å². The molecule has 0 aromatic carbocycles. The van der Waals surface area contributed by atoms with E-state index in [0.29, 0.717) is 12.1 Å². The first-order valence-electron chi connectivity index (χ1n) is 5.54. The molecular weight excluding hydrogens is 206 g/mol. The summed E-state index contributed by atoms with van der Waals surface area (Å²) >= 11 is 1.73. The summed E-state index contributed by atoms with van der Waals surface area (Å²) in [5, 5.41) is 0. The van der Waals surface area contributed by atoms with E-state index in [9.17, 15) is 0 Å². The quantitative estimate of drug-likeness (QED) is 0.832. The van der Waals surface area contributed by atoms with Crippen molar-refractivity contribution in [3.63, 3.8) is 0 Å². The van der Waals surface area contributed by atoms with Crippen molar-refractivity contribution < 1.29 is 0 Å². The van der Waals surface area contributed by atoms with Gasteiger partial charge in [-0.2, -0.15) is 0 Å². The smallest absolute Gasteiger partial charge is 0.0794 e. The molecule has 84 valence electrons. The Kier molecular flexibility index (Phi) is 3.38. The standard InChI is InChI=1S/C11H19N3S/c1-8(11-6-13-7-15-11)14(2)10(5-12)9-3-4-9/h6-10H,3-5,12H2,1-2H3. The molecule has 0 saturated heterocycles. The van der Waals surface area contributed by atoms with Gasteiger partial charge in [0.1, 0.15) is 0 Å². The van der Waals surface area contributed by atoms with Gasteiger partial charge in [0, 0.05) is 29.7 Å². The van der Waals surface area contributed by atoms with Crippen molar-refractivity contribution >= 4 is 11.3 Å². The number of aromatic nitrogens is 1. The van der Waals surface area contributed by atoms with E-state index < -0.39 is 0 Å². The number of nitrogens with two attached hydrogens (primary N) is 1. The van der Waals surface area contributed by atoms with Crippen molar-refractivity contribution in [3.05, 3.63) is 16.6 Å². The molecule has 1 aliphatic carbocycles. The van der Waals surface area contributed by atoms with E-state index in [2.05, 4.69) is 23.9 Å². The van der Waals surface area contributed by atoms with Gasteiger partial charge in [-0.1, -0.05) is 0 Å². The zero-order valence-electron chi connectivity index (χ0n) is 9.39. The zero-order valence-corrected chi connectivity index (χ0v) is 10.2. The van der Waals surface area contributed by atoms with Crippen LogP contribution >= 0.6 is 11.3 Å². The molecule has 2 rings (SSSR count). The highest BCUT2D eigenvalue weighted by Crippen LogP contribution is 2.37. The largest absolute Gasteiger partial charge is 0.329 e. The second kappa shape index (κ2) is 4.60. The molecule has 1 saturated carbocycles. The van der Waals surface area contributed by atoms with Gasteiger partial charge in [0.2, 0.25) is 0 Å². The van der Waals surface area contributed by atoms with E-state index in [1.807, 2.05) is 11.7 Å². The maximum Gasteiger partial charge on any atom is 0.0794 e. The SMILES string of the molecule is CC(c1cncs1)N(C)C(CN)C1CC1. The van der Waals surface area contributed by atoms with E-state index in [0.717, 1.165) is 12.5 Å². The Hall–Kier alpha value is -0.450. The first-order valence-corrected chi connectivity index (χ1v) is 6.42. The minimum atomic E-state index is 0.437. The second-order valence-electron chi connectivity index (χ2n) is 4.39. The summed E-state index contributed by atoms with van der Waals surface area (Å²) in [4.78, 5) is 7.87. The molecule has 0 amide bonds. The highest BCUT2D eigenvalue weighted by Gasteiger charge is 2.34. The summed E-state index contributed by atoms with van der Waals surface area (Å²) in [6, 6.07) is 0.980. The lowest BCUT2D eigenvalue weighted by molar-refractivity contribution is 0.172. The van der Waals surface area contributed by atoms with Gasteiger partial charge < -0.3 is 5.73 Å². The van der Waals surface area contributed by atoms with Crippen LogP contribution in [0.5, 0.6) is 0 Å². The third-order valence-corrected chi connectivity index (χ3v) is 4.35. The van der Waals surface area contributed by atoms with Crippen LogP contribution in [0.4, 0.5) is 0 Å². The average molecular weight is 225 g/mol. The van der Waals surface area contributed by atoms with Gasteiger partial charge in [0.15, 0.2) is 0 Å². The Labute approximate surface area is 95.3 Å². The summed E-state index contributed by atoms with van der Waals surface area (Å²) in [5.74, 6) is 0.829. The van der Waals surface area contributed by atoms with Crippen LogP contribution < -0.4 is 5.73 Å². The predicted octanol–water partition coefficient (Wildman–Crippen LogP) is 1.87. The third-order valence-electron chi connectivity index (χ3n) is 3.40. The topological polar surface area (TPSA) is 42.2 Å². The molecule has 0 radical (unpaired) electrons. The molecule has 2 N–H and O–H groups in total. The van der Waals surface area contributed by atoms with Gasteiger partial charge in [-0.3, -0.25) is 9.88 Å². The van der Waals surface area contributed by atoms with Crippen LogP contribution in [0.25, 0.3) is 0 Å². The molecule has 4 heteroatoms. The molecule has 0 spiro atoms. The van der Waals surface area contributed by atoms with Crippen molar-refractivity contribution in [2.45, 2.75) is 31.8 Å². The van der Waals surface area contributed by atoms with Crippen LogP contribution in [0.2, 0.25) is 0 Å². The summed E-state index contributed by atoms with van der Waals surface area (Å²) in [6.45, 7) is 3.00. The molecule has 0 bridgehead atoms. The zero-order chi connectivity index (χ0) is 10.8. The Morgan fingerprint density at radius 3 is 2.87 bits per heavy atom.